The molecular formula is C27H23F2NO8S. The van der Waals surface area contributed by atoms with Crippen molar-refractivity contribution in [2.45, 2.75) is 18.7 Å². The van der Waals surface area contributed by atoms with Crippen LogP contribution in [-0.4, -0.2) is 30.8 Å². The number of carbonyl (C=O) groups is 1. The molecule has 0 fully saturated rings. The van der Waals surface area contributed by atoms with Gasteiger partial charge in [0.25, 0.3) is 0 Å². The van der Waals surface area contributed by atoms with Crippen molar-refractivity contribution in [1.82, 2.24) is 0 Å². The van der Waals surface area contributed by atoms with E-state index in [1.54, 1.807) is 6.92 Å². The normalized spacial score (nSPS) is 10.8. The van der Waals surface area contributed by atoms with Crippen LogP contribution in [0.2, 0.25) is 0 Å². The number of aryl methyl sites for hydroxylation is 1. The number of halogens is 2. The molecule has 3 aromatic carbocycles. The summed E-state index contributed by atoms with van der Waals surface area (Å²) in [7, 11) is -3.40. The predicted molar refractivity (Wildman–Crippen MR) is 139 cm³/mol. The van der Waals surface area contributed by atoms with Gasteiger partial charge in [-0.2, -0.15) is 0 Å². The maximum atomic E-state index is 13.9. The second kappa shape index (κ2) is 11.8. The highest BCUT2D eigenvalue weighted by atomic mass is 32.2. The number of nitrogens with one attached hydrogen (secondary N) is 1. The van der Waals surface area contributed by atoms with Gasteiger partial charge in [0.05, 0.1) is 10.6 Å². The van der Waals surface area contributed by atoms with Crippen LogP contribution < -0.4 is 15.5 Å². The summed E-state index contributed by atoms with van der Waals surface area (Å²) in [5.41, 5.74) is 0.0886. The van der Waals surface area contributed by atoms with Gasteiger partial charge in [0.2, 0.25) is 17.1 Å². The zero-order valence-electron chi connectivity index (χ0n) is 20.9. The summed E-state index contributed by atoms with van der Waals surface area (Å²) in [5, 5.41) is 20.5. The Labute approximate surface area is 221 Å². The SMILES string of the molecule is CC(=O)Nc1ccc(O)cc1O.Cc1cc(=O)c(Oc2ccc(F)cc2F)c(-c2ccc(S(C)(=O)=O)cc2)o1. The number of hydrogen-bond acceptors (Lipinski definition) is 8. The summed E-state index contributed by atoms with van der Waals surface area (Å²) in [6, 6.07) is 13.4. The Morgan fingerprint density at radius 1 is 0.974 bits per heavy atom. The van der Waals surface area contributed by atoms with Crippen molar-refractivity contribution in [3.63, 3.8) is 0 Å². The first-order valence-corrected chi connectivity index (χ1v) is 13.0. The molecule has 4 rings (SSSR count). The first kappa shape index (κ1) is 28.9. The summed E-state index contributed by atoms with van der Waals surface area (Å²) >= 11 is 0. The lowest BCUT2D eigenvalue weighted by Crippen LogP contribution is -2.07. The van der Waals surface area contributed by atoms with Crippen LogP contribution in [0.5, 0.6) is 23.0 Å². The number of aromatic hydroxyl groups is 2. The van der Waals surface area contributed by atoms with Crippen molar-refractivity contribution in [2.75, 3.05) is 11.6 Å². The quantitative estimate of drug-likeness (QED) is 0.225. The van der Waals surface area contributed by atoms with Crippen LogP contribution in [0.25, 0.3) is 11.3 Å². The van der Waals surface area contributed by atoms with Gasteiger partial charge in [-0.15, -0.1) is 0 Å². The van der Waals surface area contributed by atoms with Crippen LogP contribution in [0.4, 0.5) is 14.5 Å². The van der Waals surface area contributed by atoms with E-state index in [0.717, 1.165) is 24.5 Å². The third-order valence-electron chi connectivity index (χ3n) is 4.97. The molecule has 0 aliphatic rings. The van der Waals surface area contributed by atoms with E-state index >= 15 is 0 Å². The van der Waals surface area contributed by atoms with Gasteiger partial charge in [0.15, 0.2) is 27.2 Å². The van der Waals surface area contributed by atoms with Gasteiger partial charge in [-0.1, -0.05) is 0 Å². The largest absolute Gasteiger partial charge is 0.508 e. The summed E-state index contributed by atoms with van der Waals surface area (Å²) < 4.78 is 61.1. The molecule has 0 spiro atoms. The van der Waals surface area contributed by atoms with Crippen molar-refractivity contribution in [3.8, 4) is 34.3 Å². The first-order valence-electron chi connectivity index (χ1n) is 11.1. The molecule has 0 aliphatic carbocycles. The van der Waals surface area contributed by atoms with Crippen molar-refractivity contribution < 1.29 is 41.4 Å². The standard InChI is InChI=1S/C19H14F2O5S.C8H9NO3/c1-11-9-16(22)19(26-17-8-5-13(20)10-15(17)21)18(25-11)12-3-6-14(7-4-12)27(2,23)24;1-5(10)9-7-3-2-6(11)4-8(7)12/h3-10H,1-2H3;2-4,11-12H,1H3,(H,9,10). The van der Waals surface area contributed by atoms with Gasteiger partial charge in [-0.05, 0) is 55.5 Å². The maximum absolute atomic E-state index is 13.9. The maximum Gasteiger partial charge on any atom is 0.228 e. The molecule has 9 nitrogen and oxygen atoms in total. The Morgan fingerprint density at radius 2 is 1.64 bits per heavy atom. The van der Waals surface area contributed by atoms with Gasteiger partial charge in [-0.25, -0.2) is 17.2 Å². The van der Waals surface area contributed by atoms with Crippen molar-refractivity contribution in [3.05, 3.63) is 94.3 Å². The Bertz CT molecular complexity index is 1680. The number of phenolic OH excluding ortho intramolecular Hbond substituents is 2. The molecule has 204 valence electrons. The predicted octanol–water partition coefficient (Wildman–Crippen LogP) is 5.15. The van der Waals surface area contributed by atoms with E-state index < -0.39 is 26.9 Å². The average molecular weight is 560 g/mol. The molecule has 1 amide bonds. The van der Waals surface area contributed by atoms with E-state index in [1.807, 2.05) is 0 Å². The van der Waals surface area contributed by atoms with E-state index in [2.05, 4.69) is 5.32 Å². The topological polar surface area (TPSA) is 143 Å². The van der Waals surface area contributed by atoms with Crippen LogP contribution in [0.3, 0.4) is 0 Å². The monoisotopic (exact) mass is 559 g/mol. The smallest absolute Gasteiger partial charge is 0.228 e. The van der Waals surface area contributed by atoms with E-state index in [4.69, 9.17) is 19.4 Å². The lowest BCUT2D eigenvalue weighted by molar-refractivity contribution is -0.114. The fourth-order valence-corrected chi connectivity index (χ4v) is 3.85. The highest BCUT2D eigenvalue weighted by Crippen LogP contribution is 2.33. The molecule has 0 unspecified atom stereocenters. The van der Waals surface area contributed by atoms with Gasteiger partial charge in [-0.3, -0.25) is 9.59 Å². The Balaban J connectivity index is 0.000000293. The lowest BCUT2D eigenvalue weighted by atomic mass is 10.1. The molecule has 0 aliphatic heterocycles. The van der Waals surface area contributed by atoms with Gasteiger partial charge < -0.3 is 24.7 Å². The molecule has 3 N–H and O–H groups in total. The Kier molecular flexibility index (Phi) is 8.71. The van der Waals surface area contributed by atoms with Crippen LogP contribution in [0, 0.1) is 18.6 Å². The summed E-state index contributed by atoms with van der Waals surface area (Å²) in [6.45, 7) is 2.89. The van der Waals surface area contributed by atoms with Crippen LogP contribution in [0.1, 0.15) is 12.7 Å². The summed E-state index contributed by atoms with van der Waals surface area (Å²) in [5.74, 6) is -2.57. The fraction of sp³-hybridized carbons (Fsp3) is 0.111. The van der Waals surface area contributed by atoms with Crippen LogP contribution in [-0.2, 0) is 14.6 Å². The molecule has 4 aromatic rings. The minimum atomic E-state index is -3.40. The molecule has 39 heavy (non-hydrogen) atoms. The number of benzene rings is 3. The minimum Gasteiger partial charge on any atom is -0.508 e. The number of amides is 1. The average Bonchev–Trinajstić information content (AvgIpc) is 2.83. The second-order valence-electron chi connectivity index (χ2n) is 8.24. The van der Waals surface area contributed by atoms with Crippen molar-refractivity contribution in [2.24, 2.45) is 0 Å². The van der Waals surface area contributed by atoms with Crippen LogP contribution >= 0.6 is 0 Å². The number of hydrogen-bond donors (Lipinski definition) is 3. The number of sulfone groups is 1. The molecule has 1 heterocycles. The number of ether oxygens (including phenoxy) is 1. The van der Waals surface area contributed by atoms with Gasteiger partial charge in [0.1, 0.15) is 23.1 Å². The van der Waals surface area contributed by atoms with E-state index in [0.29, 0.717) is 17.3 Å². The zero-order chi connectivity index (χ0) is 28.9. The molecule has 0 saturated carbocycles. The molecule has 1 aromatic heterocycles. The zero-order valence-corrected chi connectivity index (χ0v) is 21.7. The molecule has 0 saturated heterocycles. The van der Waals surface area contributed by atoms with Gasteiger partial charge >= 0.3 is 0 Å². The molecule has 0 atom stereocenters. The highest BCUT2D eigenvalue weighted by Gasteiger charge is 2.18. The second-order valence-corrected chi connectivity index (χ2v) is 10.3. The first-order chi connectivity index (χ1) is 18.2. The van der Waals surface area contributed by atoms with Crippen molar-refractivity contribution >= 4 is 21.4 Å². The summed E-state index contributed by atoms with van der Waals surface area (Å²) in [4.78, 5) is 23.0. The van der Waals surface area contributed by atoms with E-state index in [9.17, 15) is 26.8 Å². The number of anilines is 1. The Hall–Kier alpha value is -4.71. The molecule has 0 radical (unpaired) electrons. The minimum absolute atomic E-state index is 0.00350. The fourth-order valence-electron chi connectivity index (χ4n) is 3.22. The van der Waals surface area contributed by atoms with E-state index in [-0.39, 0.29) is 45.3 Å². The Morgan fingerprint density at radius 3 is 2.21 bits per heavy atom. The summed E-state index contributed by atoms with van der Waals surface area (Å²) in [6.07, 6.45) is 1.07. The third kappa shape index (κ3) is 7.65. The molecule has 0 bridgehead atoms. The van der Waals surface area contributed by atoms with E-state index in [1.165, 1.54) is 49.4 Å². The third-order valence-corrected chi connectivity index (χ3v) is 6.10. The number of carbonyl (C=O) groups excluding carboxylic acids is 1. The number of phenols is 2. The van der Waals surface area contributed by atoms with Gasteiger partial charge in [0, 0.05) is 36.9 Å². The van der Waals surface area contributed by atoms with Crippen LogP contribution in [0.15, 0.2) is 80.8 Å². The molecular weight excluding hydrogens is 536 g/mol. The number of rotatable bonds is 5. The van der Waals surface area contributed by atoms with Crippen molar-refractivity contribution in [1.29, 1.82) is 0 Å². The highest BCUT2D eigenvalue weighted by molar-refractivity contribution is 7.90. The molecule has 12 heteroatoms. The lowest BCUT2D eigenvalue weighted by Gasteiger charge is -2.11.